The van der Waals surface area contributed by atoms with Crippen molar-refractivity contribution in [1.82, 2.24) is 14.7 Å². The van der Waals surface area contributed by atoms with Gasteiger partial charge < -0.3 is 14.7 Å². The minimum Gasteiger partial charge on any atom is -0.342 e. The van der Waals surface area contributed by atoms with E-state index in [1.807, 2.05) is 24.3 Å². The highest BCUT2D eigenvalue weighted by atomic mass is 35.5. The van der Waals surface area contributed by atoms with Crippen molar-refractivity contribution in [2.75, 3.05) is 39.3 Å². The van der Waals surface area contributed by atoms with Gasteiger partial charge in [0.05, 0.1) is 5.92 Å². The normalized spacial score (nSPS) is 20.9. The van der Waals surface area contributed by atoms with Crippen LogP contribution in [0, 0.1) is 5.92 Å². The van der Waals surface area contributed by atoms with Gasteiger partial charge in [-0.2, -0.15) is 0 Å². The maximum atomic E-state index is 12.6. The first-order valence-corrected chi connectivity index (χ1v) is 8.95. The molecule has 1 aromatic rings. The van der Waals surface area contributed by atoms with Crippen LogP contribution in [0.15, 0.2) is 24.3 Å². The van der Waals surface area contributed by atoms with Gasteiger partial charge in [0.15, 0.2) is 0 Å². The Hall–Kier alpha value is -2.08. The molecule has 1 atom stereocenters. The van der Waals surface area contributed by atoms with Crippen LogP contribution in [0.5, 0.6) is 0 Å². The van der Waals surface area contributed by atoms with Crippen molar-refractivity contribution in [2.45, 2.75) is 12.8 Å². The third-order valence-electron chi connectivity index (χ3n) is 4.92. The van der Waals surface area contributed by atoms with Crippen molar-refractivity contribution in [1.29, 1.82) is 0 Å². The molecular formula is C18H22ClN3O3. The second kappa shape index (κ2) is 7.87. The Labute approximate surface area is 152 Å². The maximum absolute atomic E-state index is 12.6. The lowest BCUT2D eigenvalue weighted by molar-refractivity contribution is -0.139. The van der Waals surface area contributed by atoms with Gasteiger partial charge in [0.2, 0.25) is 18.2 Å². The minimum atomic E-state index is -0.263. The summed E-state index contributed by atoms with van der Waals surface area (Å²) in [4.78, 5) is 40.8. The average molecular weight is 364 g/mol. The molecule has 0 bridgehead atoms. The predicted octanol–water partition coefficient (Wildman–Crippen LogP) is 1.03. The summed E-state index contributed by atoms with van der Waals surface area (Å²) >= 11 is 5.88. The molecule has 2 aliphatic heterocycles. The van der Waals surface area contributed by atoms with Crippen LogP contribution in [0.1, 0.15) is 12.0 Å². The fraction of sp³-hybridized carbons (Fsp3) is 0.500. The fourth-order valence-electron chi connectivity index (χ4n) is 3.37. The smallest absolute Gasteiger partial charge is 0.228 e. The number of nitrogens with zero attached hydrogens (tertiary/aromatic N) is 3. The predicted molar refractivity (Wildman–Crippen MR) is 94.1 cm³/mol. The van der Waals surface area contributed by atoms with Gasteiger partial charge in [-0.1, -0.05) is 23.7 Å². The molecule has 6 nitrogen and oxygen atoms in total. The summed E-state index contributed by atoms with van der Waals surface area (Å²) in [6, 6.07) is 7.60. The highest BCUT2D eigenvalue weighted by molar-refractivity contribution is 6.30. The zero-order valence-corrected chi connectivity index (χ0v) is 14.8. The van der Waals surface area contributed by atoms with Crippen LogP contribution < -0.4 is 0 Å². The van der Waals surface area contributed by atoms with E-state index in [0.29, 0.717) is 44.3 Å². The summed E-state index contributed by atoms with van der Waals surface area (Å²) < 4.78 is 0. The van der Waals surface area contributed by atoms with E-state index in [0.717, 1.165) is 18.4 Å². The Balaban J connectivity index is 1.50. The number of carbonyl (C=O) groups excluding carboxylic acids is 3. The SMILES string of the molecule is O=CN1CCN(C(=O)C2CC(=O)N(CCc3ccc(Cl)cc3)C2)CC1. The topological polar surface area (TPSA) is 60.9 Å². The number of halogens is 1. The van der Waals surface area contributed by atoms with Crippen LogP contribution >= 0.6 is 11.6 Å². The highest BCUT2D eigenvalue weighted by Crippen LogP contribution is 2.21. The molecule has 3 amide bonds. The zero-order valence-electron chi connectivity index (χ0n) is 14.1. The number of hydrogen-bond acceptors (Lipinski definition) is 3. The molecule has 2 heterocycles. The molecule has 2 fully saturated rings. The molecular weight excluding hydrogens is 342 g/mol. The molecule has 25 heavy (non-hydrogen) atoms. The van der Waals surface area contributed by atoms with E-state index in [-0.39, 0.29) is 24.2 Å². The molecule has 7 heteroatoms. The lowest BCUT2D eigenvalue weighted by atomic mass is 10.1. The summed E-state index contributed by atoms with van der Waals surface area (Å²) in [6.45, 7) is 3.33. The van der Waals surface area contributed by atoms with Crippen molar-refractivity contribution in [2.24, 2.45) is 5.92 Å². The van der Waals surface area contributed by atoms with E-state index in [9.17, 15) is 14.4 Å². The molecule has 1 aromatic carbocycles. The Morgan fingerprint density at radius 1 is 1.16 bits per heavy atom. The second-order valence-electron chi connectivity index (χ2n) is 6.58. The molecule has 134 valence electrons. The fourth-order valence-corrected chi connectivity index (χ4v) is 3.50. The monoisotopic (exact) mass is 363 g/mol. The molecule has 2 saturated heterocycles. The van der Waals surface area contributed by atoms with Gasteiger partial charge in [-0.05, 0) is 24.1 Å². The number of carbonyl (C=O) groups is 3. The van der Waals surface area contributed by atoms with Crippen LogP contribution in [0.25, 0.3) is 0 Å². The highest BCUT2D eigenvalue weighted by Gasteiger charge is 2.36. The van der Waals surface area contributed by atoms with Crippen molar-refractivity contribution < 1.29 is 14.4 Å². The number of amides is 3. The van der Waals surface area contributed by atoms with Crippen LogP contribution in [-0.2, 0) is 20.8 Å². The van der Waals surface area contributed by atoms with Crippen molar-refractivity contribution in [3.63, 3.8) is 0 Å². The van der Waals surface area contributed by atoms with Crippen molar-refractivity contribution in [3.8, 4) is 0 Å². The van der Waals surface area contributed by atoms with E-state index >= 15 is 0 Å². The van der Waals surface area contributed by atoms with Gasteiger partial charge in [0, 0.05) is 50.7 Å². The summed E-state index contributed by atoms with van der Waals surface area (Å²) in [5.41, 5.74) is 1.12. The minimum absolute atomic E-state index is 0.0351. The van der Waals surface area contributed by atoms with Crippen LogP contribution in [0.3, 0.4) is 0 Å². The number of piperazine rings is 1. The van der Waals surface area contributed by atoms with Gasteiger partial charge in [-0.15, -0.1) is 0 Å². The van der Waals surface area contributed by atoms with Gasteiger partial charge in [0.1, 0.15) is 0 Å². The van der Waals surface area contributed by atoms with Crippen LogP contribution in [0.4, 0.5) is 0 Å². The first kappa shape index (κ1) is 17.7. The van der Waals surface area contributed by atoms with Crippen molar-refractivity contribution in [3.05, 3.63) is 34.9 Å². The molecule has 2 aliphatic rings. The van der Waals surface area contributed by atoms with Crippen LogP contribution in [-0.4, -0.2) is 72.2 Å². The number of benzene rings is 1. The van der Waals surface area contributed by atoms with Gasteiger partial charge in [-0.25, -0.2) is 0 Å². The van der Waals surface area contributed by atoms with Gasteiger partial charge in [0.25, 0.3) is 0 Å². The first-order valence-electron chi connectivity index (χ1n) is 8.57. The molecule has 0 spiro atoms. The molecule has 1 unspecified atom stereocenters. The Bertz CT molecular complexity index is 641. The van der Waals surface area contributed by atoms with E-state index in [4.69, 9.17) is 11.6 Å². The number of hydrogen-bond donors (Lipinski definition) is 0. The first-order chi connectivity index (χ1) is 12.1. The third kappa shape index (κ3) is 4.31. The van der Waals surface area contributed by atoms with E-state index in [1.165, 1.54) is 0 Å². The lowest BCUT2D eigenvalue weighted by Gasteiger charge is -2.33. The van der Waals surface area contributed by atoms with Gasteiger partial charge in [-0.3, -0.25) is 14.4 Å². The third-order valence-corrected chi connectivity index (χ3v) is 5.17. The van der Waals surface area contributed by atoms with E-state index in [1.54, 1.807) is 14.7 Å². The Morgan fingerprint density at radius 2 is 1.84 bits per heavy atom. The summed E-state index contributed by atoms with van der Waals surface area (Å²) in [5, 5.41) is 0.696. The average Bonchev–Trinajstić information content (AvgIpc) is 3.01. The van der Waals surface area contributed by atoms with Crippen molar-refractivity contribution >= 4 is 29.8 Å². The quantitative estimate of drug-likeness (QED) is 0.734. The Kier molecular flexibility index (Phi) is 5.58. The van der Waals surface area contributed by atoms with E-state index in [2.05, 4.69) is 0 Å². The second-order valence-corrected chi connectivity index (χ2v) is 7.02. The Morgan fingerprint density at radius 3 is 2.48 bits per heavy atom. The molecule has 0 radical (unpaired) electrons. The van der Waals surface area contributed by atoms with Crippen LogP contribution in [0.2, 0.25) is 5.02 Å². The number of likely N-dealkylation sites (tertiary alicyclic amines) is 1. The molecule has 0 N–H and O–H groups in total. The van der Waals surface area contributed by atoms with E-state index < -0.39 is 0 Å². The largest absolute Gasteiger partial charge is 0.342 e. The molecule has 0 aliphatic carbocycles. The standard InChI is InChI=1S/C18H22ClN3O3/c19-16-3-1-14(2-4-16)5-6-22-12-15(11-17(22)24)18(25)21-9-7-20(13-23)8-10-21/h1-4,13,15H,5-12H2. The zero-order chi connectivity index (χ0) is 17.8. The summed E-state index contributed by atoms with van der Waals surface area (Å²) in [6.07, 6.45) is 1.86. The molecule has 0 saturated carbocycles. The summed E-state index contributed by atoms with van der Waals surface area (Å²) in [7, 11) is 0. The number of rotatable bonds is 5. The molecule has 3 rings (SSSR count). The molecule has 0 aromatic heterocycles. The maximum Gasteiger partial charge on any atom is 0.228 e. The lowest BCUT2D eigenvalue weighted by Crippen LogP contribution is -2.50. The van der Waals surface area contributed by atoms with Gasteiger partial charge >= 0.3 is 0 Å². The summed E-state index contributed by atoms with van der Waals surface area (Å²) in [5.74, 6) is -0.188.